The lowest BCUT2D eigenvalue weighted by atomic mass is 10.2. The number of para-hydroxylation sites is 1. The molecule has 0 spiro atoms. The fraction of sp³-hybridized carbons (Fsp3) is 0.438. The van der Waals surface area contributed by atoms with Crippen LogP contribution in [0.15, 0.2) is 24.3 Å². The molecule has 1 aliphatic heterocycles. The third-order valence-corrected chi connectivity index (χ3v) is 4.26. The Bertz CT molecular complexity index is 692. The van der Waals surface area contributed by atoms with Gasteiger partial charge in [-0.25, -0.2) is 4.98 Å². The van der Waals surface area contributed by atoms with Gasteiger partial charge >= 0.3 is 0 Å². The molecule has 1 aromatic heterocycles. The van der Waals surface area contributed by atoms with Crippen LogP contribution in [0.2, 0.25) is 0 Å². The Morgan fingerprint density at radius 2 is 1.86 bits per heavy atom. The van der Waals surface area contributed by atoms with E-state index >= 15 is 0 Å². The molecule has 6 heteroatoms. The fourth-order valence-corrected chi connectivity index (χ4v) is 2.76. The van der Waals surface area contributed by atoms with Gasteiger partial charge < -0.3 is 15.1 Å². The molecule has 1 aromatic carbocycles. The second kappa shape index (κ2) is 5.44. The highest BCUT2D eigenvalue weighted by Crippen LogP contribution is 2.29. The minimum atomic E-state index is 0.554. The summed E-state index contributed by atoms with van der Waals surface area (Å²) in [6.07, 6.45) is 3.34. The summed E-state index contributed by atoms with van der Waals surface area (Å²) in [5.41, 5.74) is 0.966. The van der Waals surface area contributed by atoms with E-state index in [1.165, 1.54) is 12.8 Å². The maximum atomic E-state index is 10.8. The van der Waals surface area contributed by atoms with Crippen LogP contribution in [-0.4, -0.2) is 53.5 Å². The first-order valence-electron chi connectivity index (χ1n) is 7.81. The molecule has 1 aliphatic carbocycles. The molecule has 0 unspecified atom stereocenters. The predicted octanol–water partition coefficient (Wildman–Crippen LogP) is 1.48. The number of nitrogens with zero attached hydrogens (tertiary/aromatic N) is 4. The first kappa shape index (κ1) is 13.3. The van der Waals surface area contributed by atoms with Gasteiger partial charge in [0.1, 0.15) is 5.82 Å². The van der Waals surface area contributed by atoms with Crippen molar-refractivity contribution in [2.24, 2.45) is 0 Å². The third kappa shape index (κ3) is 2.56. The number of carbonyl (C=O) groups excluding carboxylic acids is 1. The summed E-state index contributed by atoms with van der Waals surface area (Å²) < 4.78 is 0. The number of benzene rings is 1. The van der Waals surface area contributed by atoms with Gasteiger partial charge in [0, 0.05) is 37.6 Å². The minimum Gasteiger partial charge on any atom is -0.367 e. The van der Waals surface area contributed by atoms with Gasteiger partial charge in [-0.05, 0) is 25.0 Å². The Labute approximate surface area is 129 Å². The van der Waals surface area contributed by atoms with Crippen molar-refractivity contribution in [1.82, 2.24) is 14.9 Å². The summed E-state index contributed by atoms with van der Waals surface area (Å²) in [6, 6.07) is 8.67. The van der Waals surface area contributed by atoms with Gasteiger partial charge in [-0.3, -0.25) is 4.79 Å². The topological polar surface area (TPSA) is 61.4 Å². The first-order chi connectivity index (χ1) is 10.8. The lowest BCUT2D eigenvalue weighted by molar-refractivity contribution is -0.118. The largest absolute Gasteiger partial charge is 0.367 e. The van der Waals surface area contributed by atoms with Crippen molar-refractivity contribution in [3.05, 3.63) is 24.3 Å². The maximum Gasteiger partial charge on any atom is 0.228 e. The Morgan fingerprint density at radius 3 is 2.59 bits per heavy atom. The molecule has 0 bridgehead atoms. The maximum absolute atomic E-state index is 10.8. The second-order valence-corrected chi connectivity index (χ2v) is 5.94. The number of anilines is 2. The molecular formula is C16H19N5O. The van der Waals surface area contributed by atoms with E-state index in [1.54, 1.807) is 4.90 Å². The highest BCUT2D eigenvalue weighted by molar-refractivity contribution is 5.90. The van der Waals surface area contributed by atoms with Crippen LogP contribution in [0.4, 0.5) is 11.8 Å². The Hall–Kier alpha value is -2.37. The fourth-order valence-electron chi connectivity index (χ4n) is 2.76. The molecule has 6 nitrogen and oxygen atoms in total. The van der Waals surface area contributed by atoms with Gasteiger partial charge in [-0.1, -0.05) is 12.1 Å². The van der Waals surface area contributed by atoms with Crippen molar-refractivity contribution in [3.8, 4) is 0 Å². The van der Waals surface area contributed by atoms with Gasteiger partial charge in [0.05, 0.1) is 5.52 Å². The van der Waals surface area contributed by atoms with Crippen LogP contribution in [0, 0.1) is 0 Å². The summed E-state index contributed by atoms with van der Waals surface area (Å²) in [5.74, 6) is 1.69. The highest BCUT2D eigenvalue weighted by Gasteiger charge is 2.24. The summed E-state index contributed by atoms with van der Waals surface area (Å²) in [6.45, 7) is 3.01. The summed E-state index contributed by atoms with van der Waals surface area (Å²) in [5, 5.41) is 4.59. The normalized spacial score (nSPS) is 18.5. The molecule has 0 radical (unpaired) electrons. The van der Waals surface area contributed by atoms with Crippen LogP contribution >= 0.6 is 0 Å². The monoisotopic (exact) mass is 297 g/mol. The number of rotatable bonds is 4. The molecule has 4 rings (SSSR count). The molecule has 2 aliphatic rings. The lowest BCUT2D eigenvalue weighted by Gasteiger charge is -2.32. The number of piperazine rings is 1. The number of hydrogen-bond donors (Lipinski definition) is 1. The van der Waals surface area contributed by atoms with E-state index in [0.29, 0.717) is 6.04 Å². The van der Waals surface area contributed by atoms with E-state index in [-0.39, 0.29) is 0 Å². The molecular weight excluding hydrogens is 278 g/mol. The summed E-state index contributed by atoms with van der Waals surface area (Å²) in [4.78, 5) is 24.2. The number of nitrogens with one attached hydrogen (secondary N) is 1. The van der Waals surface area contributed by atoms with Crippen molar-refractivity contribution >= 4 is 29.1 Å². The van der Waals surface area contributed by atoms with Crippen molar-refractivity contribution in [3.63, 3.8) is 0 Å². The number of fused-ring (bicyclic) bond motifs is 1. The molecule has 2 aromatic rings. The van der Waals surface area contributed by atoms with E-state index in [9.17, 15) is 4.79 Å². The van der Waals surface area contributed by atoms with E-state index in [1.807, 2.05) is 18.2 Å². The minimum absolute atomic E-state index is 0.554. The third-order valence-electron chi connectivity index (χ3n) is 4.26. The quantitative estimate of drug-likeness (QED) is 0.866. The van der Waals surface area contributed by atoms with E-state index in [4.69, 9.17) is 9.97 Å². The average molecular weight is 297 g/mol. The molecule has 1 saturated heterocycles. The first-order valence-corrected chi connectivity index (χ1v) is 7.81. The average Bonchev–Trinajstić information content (AvgIpc) is 3.39. The Morgan fingerprint density at radius 1 is 1.09 bits per heavy atom. The Kier molecular flexibility index (Phi) is 3.29. The van der Waals surface area contributed by atoms with Crippen LogP contribution in [0.5, 0.6) is 0 Å². The molecule has 1 amide bonds. The number of carbonyl (C=O) groups is 1. The molecule has 2 heterocycles. The standard InChI is InChI=1S/C16H19N5O/c22-11-20-7-9-21(10-8-20)16-18-14-4-2-1-3-13(14)15(19-16)17-12-5-6-12/h1-4,11-12H,5-10H2,(H,17,18,19). The van der Waals surface area contributed by atoms with E-state index in [2.05, 4.69) is 16.3 Å². The zero-order valence-electron chi connectivity index (χ0n) is 12.4. The summed E-state index contributed by atoms with van der Waals surface area (Å²) in [7, 11) is 0. The number of hydrogen-bond acceptors (Lipinski definition) is 5. The van der Waals surface area contributed by atoms with Crippen LogP contribution < -0.4 is 10.2 Å². The van der Waals surface area contributed by atoms with E-state index < -0.39 is 0 Å². The number of aromatic nitrogens is 2. The number of amides is 1. The van der Waals surface area contributed by atoms with Crippen LogP contribution in [0.25, 0.3) is 10.9 Å². The second-order valence-electron chi connectivity index (χ2n) is 5.94. The zero-order valence-corrected chi connectivity index (χ0v) is 12.4. The predicted molar refractivity (Wildman–Crippen MR) is 86.0 cm³/mol. The van der Waals surface area contributed by atoms with Crippen LogP contribution in [-0.2, 0) is 4.79 Å². The zero-order chi connectivity index (χ0) is 14.9. The van der Waals surface area contributed by atoms with Gasteiger partial charge in [0.15, 0.2) is 0 Å². The summed E-state index contributed by atoms with van der Waals surface area (Å²) >= 11 is 0. The van der Waals surface area contributed by atoms with Gasteiger partial charge in [0.2, 0.25) is 12.4 Å². The SMILES string of the molecule is O=CN1CCN(c2nc(NC3CC3)c3ccccc3n2)CC1. The Balaban J connectivity index is 1.67. The smallest absolute Gasteiger partial charge is 0.228 e. The van der Waals surface area contributed by atoms with Crippen molar-refractivity contribution in [1.29, 1.82) is 0 Å². The van der Waals surface area contributed by atoms with E-state index in [0.717, 1.165) is 55.3 Å². The molecule has 114 valence electrons. The van der Waals surface area contributed by atoms with Crippen molar-refractivity contribution in [2.75, 3.05) is 36.4 Å². The lowest BCUT2D eigenvalue weighted by Crippen LogP contribution is -2.46. The van der Waals surface area contributed by atoms with Crippen LogP contribution in [0.3, 0.4) is 0 Å². The van der Waals surface area contributed by atoms with Gasteiger partial charge in [-0.15, -0.1) is 0 Å². The van der Waals surface area contributed by atoms with Crippen LogP contribution in [0.1, 0.15) is 12.8 Å². The molecule has 1 N–H and O–H groups in total. The molecule has 2 fully saturated rings. The van der Waals surface area contributed by atoms with Crippen molar-refractivity contribution < 1.29 is 4.79 Å². The van der Waals surface area contributed by atoms with Crippen molar-refractivity contribution in [2.45, 2.75) is 18.9 Å². The highest BCUT2D eigenvalue weighted by atomic mass is 16.1. The molecule has 1 saturated carbocycles. The molecule has 0 atom stereocenters. The van der Waals surface area contributed by atoms with Gasteiger partial charge in [0.25, 0.3) is 0 Å². The molecule has 22 heavy (non-hydrogen) atoms. The van der Waals surface area contributed by atoms with Gasteiger partial charge in [-0.2, -0.15) is 4.98 Å².